The van der Waals surface area contributed by atoms with Gasteiger partial charge in [0.15, 0.2) is 0 Å². The maximum Gasteiger partial charge on any atom is 0.120 e. The summed E-state index contributed by atoms with van der Waals surface area (Å²) in [6.45, 7) is 8.76. The van der Waals surface area contributed by atoms with Crippen molar-refractivity contribution in [2.24, 2.45) is 0 Å². The third kappa shape index (κ3) is 3.10. The lowest BCUT2D eigenvalue weighted by Gasteiger charge is -2.15. The minimum absolute atomic E-state index is 0.487. The molecule has 1 aromatic heterocycles. The summed E-state index contributed by atoms with van der Waals surface area (Å²) in [7, 11) is 0. The molecule has 2 rings (SSSR count). The van der Waals surface area contributed by atoms with Crippen molar-refractivity contribution in [3.05, 3.63) is 52.3 Å². The van der Waals surface area contributed by atoms with Crippen LogP contribution in [-0.4, -0.2) is 4.98 Å². The monoisotopic (exact) mass is 270 g/mol. The maximum absolute atomic E-state index is 6.05. The Hall–Kier alpha value is -2.03. The second kappa shape index (κ2) is 5.95. The predicted molar refractivity (Wildman–Crippen MR) is 83.0 cm³/mol. The molecule has 1 heterocycles. The molecule has 3 heteroatoms. The standard InChI is InChI=1S/C17H22N2O/c1-5-15-13(4)19-9-17(18)16(15)10-20-14-7-11(2)6-12(3)8-14/h6-9H,5,10,18H2,1-4H3. The van der Waals surface area contributed by atoms with E-state index in [1.54, 1.807) is 6.20 Å². The van der Waals surface area contributed by atoms with Gasteiger partial charge in [-0.1, -0.05) is 13.0 Å². The SMILES string of the molecule is CCc1c(C)ncc(N)c1COc1cc(C)cc(C)c1. The van der Waals surface area contributed by atoms with Gasteiger partial charge in [-0.05, 0) is 56.0 Å². The average Bonchev–Trinajstić information content (AvgIpc) is 2.38. The number of nitrogen functional groups attached to an aromatic ring is 1. The van der Waals surface area contributed by atoms with Gasteiger partial charge < -0.3 is 10.5 Å². The van der Waals surface area contributed by atoms with Gasteiger partial charge in [-0.15, -0.1) is 0 Å². The summed E-state index contributed by atoms with van der Waals surface area (Å²) >= 11 is 0. The third-order valence-electron chi connectivity index (χ3n) is 3.48. The molecule has 0 atom stereocenters. The summed E-state index contributed by atoms with van der Waals surface area (Å²) in [6.07, 6.45) is 2.63. The number of hydrogen-bond donors (Lipinski definition) is 1. The normalized spacial score (nSPS) is 10.6. The van der Waals surface area contributed by atoms with Gasteiger partial charge in [-0.25, -0.2) is 0 Å². The number of aromatic nitrogens is 1. The number of benzene rings is 1. The Morgan fingerprint density at radius 1 is 1.05 bits per heavy atom. The number of anilines is 1. The number of hydrogen-bond acceptors (Lipinski definition) is 3. The molecule has 2 N–H and O–H groups in total. The fraction of sp³-hybridized carbons (Fsp3) is 0.353. The van der Waals surface area contributed by atoms with Crippen molar-refractivity contribution in [1.29, 1.82) is 0 Å². The molecule has 0 saturated heterocycles. The van der Waals surface area contributed by atoms with Gasteiger partial charge >= 0.3 is 0 Å². The van der Waals surface area contributed by atoms with Gasteiger partial charge in [0.05, 0.1) is 11.9 Å². The fourth-order valence-corrected chi connectivity index (χ4v) is 2.53. The molecule has 20 heavy (non-hydrogen) atoms. The van der Waals surface area contributed by atoms with Gasteiger partial charge in [0, 0.05) is 11.3 Å². The van der Waals surface area contributed by atoms with E-state index in [-0.39, 0.29) is 0 Å². The molecule has 3 nitrogen and oxygen atoms in total. The Balaban J connectivity index is 2.24. The summed E-state index contributed by atoms with van der Waals surface area (Å²) in [6, 6.07) is 6.22. The van der Waals surface area contributed by atoms with Crippen molar-refractivity contribution in [3.8, 4) is 5.75 Å². The van der Waals surface area contributed by atoms with Crippen molar-refractivity contribution < 1.29 is 4.74 Å². The molecule has 0 bridgehead atoms. The first-order valence-electron chi connectivity index (χ1n) is 6.95. The highest BCUT2D eigenvalue weighted by atomic mass is 16.5. The summed E-state index contributed by atoms with van der Waals surface area (Å²) in [5.41, 5.74) is 12.4. The topological polar surface area (TPSA) is 48.1 Å². The van der Waals surface area contributed by atoms with E-state index in [1.165, 1.54) is 16.7 Å². The van der Waals surface area contributed by atoms with Crippen LogP contribution in [0.15, 0.2) is 24.4 Å². The Labute approximate surface area is 120 Å². The first-order valence-corrected chi connectivity index (χ1v) is 6.95. The number of pyridine rings is 1. The van der Waals surface area contributed by atoms with Crippen LogP contribution in [0.25, 0.3) is 0 Å². The molecule has 0 unspecified atom stereocenters. The van der Waals surface area contributed by atoms with Gasteiger partial charge in [0.1, 0.15) is 12.4 Å². The van der Waals surface area contributed by atoms with E-state index in [0.29, 0.717) is 12.3 Å². The number of nitrogens with zero attached hydrogens (tertiary/aromatic N) is 1. The lowest BCUT2D eigenvalue weighted by atomic mass is 10.0. The highest BCUT2D eigenvalue weighted by Gasteiger charge is 2.10. The van der Waals surface area contributed by atoms with Crippen LogP contribution >= 0.6 is 0 Å². The molecule has 0 spiro atoms. The maximum atomic E-state index is 6.05. The molecule has 106 valence electrons. The van der Waals surface area contributed by atoms with E-state index < -0.39 is 0 Å². The lowest BCUT2D eigenvalue weighted by molar-refractivity contribution is 0.305. The zero-order chi connectivity index (χ0) is 14.7. The van der Waals surface area contributed by atoms with Crippen molar-refractivity contribution in [1.82, 2.24) is 4.98 Å². The van der Waals surface area contributed by atoms with Crippen LogP contribution in [0.4, 0.5) is 5.69 Å². The van der Waals surface area contributed by atoms with E-state index in [4.69, 9.17) is 10.5 Å². The van der Waals surface area contributed by atoms with Crippen molar-refractivity contribution in [3.63, 3.8) is 0 Å². The third-order valence-corrected chi connectivity index (χ3v) is 3.48. The first kappa shape index (κ1) is 14.4. The molecule has 0 amide bonds. The van der Waals surface area contributed by atoms with E-state index in [1.807, 2.05) is 19.1 Å². The summed E-state index contributed by atoms with van der Waals surface area (Å²) in [5.74, 6) is 0.887. The minimum atomic E-state index is 0.487. The molecule has 0 radical (unpaired) electrons. The fourth-order valence-electron chi connectivity index (χ4n) is 2.53. The summed E-state index contributed by atoms with van der Waals surface area (Å²) in [5, 5.41) is 0. The van der Waals surface area contributed by atoms with Crippen molar-refractivity contribution in [2.75, 3.05) is 5.73 Å². The largest absolute Gasteiger partial charge is 0.489 e. The molecule has 0 aliphatic heterocycles. The minimum Gasteiger partial charge on any atom is -0.489 e. The molecule has 0 fully saturated rings. The van der Waals surface area contributed by atoms with Crippen LogP contribution in [0.3, 0.4) is 0 Å². The van der Waals surface area contributed by atoms with Gasteiger partial charge in [-0.3, -0.25) is 4.98 Å². The Kier molecular flexibility index (Phi) is 4.28. The smallest absolute Gasteiger partial charge is 0.120 e. The van der Waals surface area contributed by atoms with Gasteiger partial charge in [0.2, 0.25) is 0 Å². The van der Waals surface area contributed by atoms with Gasteiger partial charge in [-0.2, -0.15) is 0 Å². The Morgan fingerprint density at radius 2 is 1.70 bits per heavy atom. The van der Waals surface area contributed by atoms with Gasteiger partial charge in [0.25, 0.3) is 0 Å². The van der Waals surface area contributed by atoms with Crippen LogP contribution < -0.4 is 10.5 Å². The quantitative estimate of drug-likeness (QED) is 0.921. The summed E-state index contributed by atoms with van der Waals surface area (Å²) in [4.78, 5) is 4.31. The molecular formula is C17H22N2O. The van der Waals surface area contributed by atoms with Crippen LogP contribution in [0.1, 0.15) is 34.9 Å². The van der Waals surface area contributed by atoms with E-state index in [9.17, 15) is 0 Å². The van der Waals surface area contributed by atoms with Crippen LogP contribution in [0.5, 0.6) is 5.75 Å². The van der Waals surface area contributed by atoms with Crippen LogP contribution in [-0.2, 0) is 13.0 Å². The summed E-state index contributed by atoms with van der Waals surface area (Å²) < 4.78 is 5.92. The van der Waals surface area contributed by atoms with E-state index in [0.717, 1.165) is 23.4 Å². The number of ether oxygens (including phenoxy) is 1. The zero-order valence-corrected chi connectivity index (χ0v) is 12.7. The van der Waals surface area contributed by atoms with E-state index >= 15 is 0 Å². The molecule has 0 saturated carbocycles. The molecule has 0 aliphatic rings. The number of rotatable bonds is 4. The van der Waals surface area contributed by atoms with Crippen molar-refractivity contribution in [2.45, 2.75) is 40.7 Å². The predicted octanol–water partition coefficient (Wildman–Crippen LogP) is 3.73. The molecule has 2 aromatic rings. The van der Waals surface area contributed by atoms with E-state index in [2.05, 4.69) is 31.8 Å². The molecular weight excluding hydrogens is 248 g/mol. The average molecular weight is 270 g/mol. The molecule has 1 aromatic carbocycles. The Bertz CT molecular complexity index is 600. The highest BCUT2D eigenvalue weighted by Crippen LogP contribution is 2.23. The van der Waals surface area contributed by atoms with Crippen LogP contribution in [0, 0.1) is 20.8 Å². The molecule has 0 aliphatic carbocycles. The lowest BCUT2D eigenvalue weighted by Crippen LogP contribution is -2.07. The number of nitrogens with two attached hydrogens (primary N) is 1. The highest BCUT2D eigenvalue weighted by molar-refractivity contribution is 5.50. The number of aryl methyl sites for hydroxylation is 3. The zero-order valence-electron chi connectivity index (χ0n) is 12.7. The second-order valence-corrected chi connectivity index (χ2v) is 5.22. The second-order valence-electron chi connectivity index (χ2n) is 5.22. The Morgan fingerprint density at radius 3 is 2.30 bits per heavy atom. The van der Waals surface area contributed by atoms with Crippen molar-refractivity contribution >= 4 is 5.69 Å². The van der Waals surface area contributed by atoms with Crippen LogP contribution in [0.2, 0.25) is 0 Å². The first-order chi connectivity index (χ1) is 9.51.